The van der Waals surface area contributed by atoms with Gasteiger partial charge in [0.1, 0.15) is 0 Å². The Morgan fingerprint density at radius 3 is 2.71 bits per heavy atom. The van der Waals surface area contributed by atoms with Crippen LogP contribution in [0.1, 0.15) is 19.3 Å². The SMILES string of the molecule is COc1ccc(-c2cnc3[nH]cc(OC(=O)N[C@H]4CCC[C@H]4C(N)=O)c3n2)cc1OC. The molecule has 2 amide bonds. The molecule has 3 aromatic rings. The van der Waals surface area contributed by atoms with E-state index in [9.17, 15) is 9.59 Å². The van der Waals surface area contributed by atoms with E-state index in [1.807, 2.05) is 6.07 Å². The fourth-order valence-electron chi connectivity index (χ4n) is 3.84. The zero-order valence-corrected chi connectivity index (χ0v) is 17.2. The van der Waals surface area contributed by atoms with Gasteiger partial charge in [-0.3, -0.25) is 4.79 Å². The molecular formula is C21H23N5O5. The second kappa shape index (κ2) is 8.50. The minimum absolute atomic E-state index is 0.232. The maximum absolute atomic E-state index is 12.4. The van der Waals surface area contributed by atoms with E-state index in [0.29, 0.717) is 41.2 Å². The molecule has 1 aromatic carbocycles. The Kier molecular flexibility index (Phi) is 5.61. The van der Waals surface area contributed by atoms with Crippen LogP contribution < -0.4 is 25.3 Å². The standard InChI is InChI=1S/C21H23N5O5/c1-29-15-7-6-11(8-16(15)30-2)14-9-23-20-18(25-14)17(10-24-20)31-21(28)26-13-5-3-4-12(13)19(22)27/h6-10,12-13H,3-5H2,1-2H3,(H2,22,27)(H,23,24)(H,26,28)/t12-,13+/m1/s1. The summed E-state index contributed by atoms with van der Waals surface area (Å²) in [5, 5.41) is 2.73. The summed E-state index contributed by atoms with van der Waals surface area (Å²) in [5.41, 5.74) is 7.63. The second-order valence-electron chi connectivity index (χ2n) is 7.26. The molecule has 10 nitrogen and oxygen atoms in total. The highest BCUT2D eigenvalue weighted by Gasteiger charge is 2.33. The number of carbonyl (C=O) groups is 2. The van der Waals surface area contributed by atoms with Crippen LogP contribution in [0.15, 0.2) is 30.6 Å². The number of primary amides is 1. The number of rotatable bonds is 6. The van der Waals surface area contributed by atoms with Gasteiger partial charge in [-0.25, -0.2) is 14.8 Å². The Labute approximate surface area is 178 Å². The fraction of sp³-hybridized carbons (Fsp3) is 0.333. The van der Waals surface area contributed by atoms with Crippen molar-refractivity contribution in [3.05, 3.63) is 30.6 Å². The Balaban J connectivity index is 1.56. The van der Waals surface area contributed by atoms with Crippen LogP contribution in [0.5, 0.6) is 17.2 Å². The third-order valence-electron chi connectivity index (χ3n) is 5.41. The number of benzene rings is 1. The van der Waals surface area contributed by atoms with Gasteiger partial charge < -0.3 is 30.2 Å². The van der Waals surface area contributed by atoms with Gasteiger partial charge >= 0.3 is 6.09 Å². The molecule has 2 aromatic heterocycles. The summed E-state index contributed by atoms with van der Waals surface area (Å²) < 4.78 is 16.1. The molecular weight excluding hydrogens is 402 g/mol. The van der Waals surface area contributed by atoms with Crippen LogP contribution in [0.25, 0.3) is 22.4 Å². The summed E-state index contributed by atoms with van der Waals surface area (Å²) in [7, 11) is 3.12. The molecule has 162 valence electrons. The maximum atomic E-state index is 12.4. The van der Waals surface area contributed by atoms with Crippen LogP contribution >= 0.6 is 0 Å². The van der Waals surface area contributed by atoms with Crippen molar-refractivity contribution in [1.29, 1.82) is 0 Å². The molecule has 1 aliphatic carbocycles. The highest BCUT2D eigenvalue weighted by atomic mass is 16.6. The number of methoxy groups -OCH3 is 2. The van der Waals surface area contributed by atoms with Gasteiger partial charge in [0.05, 0.1) is 32.0 Å². The minimum atomic E-state index is -0.669. The smallest absolute Gasteiger partial charge is 0.412 e. The van der Waals surface area contributed by atoms with E-state index in [1.54, 1.807) is 32.5 Å². The number of carbonyl (C=O) groups excluding carboxylic acids is 2. The molecule has 1 saturated carbocycles. The first-order chi connectivity index (χ1) is 15.0. The molecule has 4 N–H and O–H groups in total. The van der Waals surface area contributed by atoms with Gasteiger partial charge in [-0.15, -0.1) is 0 Å². The Bertz CT molecular complexity index is 1130. The fourth-order valence-corrected chi connectivity index (χ4v) is 3.84. The summed E-state index contributed by atoms with van der Waals surface area (Å²) >= 11 is 0. The molecule has 0 radical (unpaired) electrons. The quantitative estimate of drug-likeness (QED) is 0.550. The normalized spacial score (nSPS) is 18.0. The van der Waals surface area contributed by atoms with E-state index in [-0.39, 0.29) is 17.7 Å². The highest BCUT2D eigenvalue weighted by molar-refractivity contribution is 5.85. The van der Waals surface area contributed by atoms with Crippen LogP contribution in [0.4, 0.5) is 4.79 Å². The van der Waals surface area contributed by atoms with Crippen molar-refractivity contribution < 1.29 is 23.8 Å². The Hall–Kier alpha value is -3.82. The molecule has 0 saturated heterocycles. The molecule has 2 atom stereocenters. The number of hydrogen-bond donors (Lipinski definition) is 3. The van der Waals surface area contributed by atoms with Crippen molar-refractivity contribution in [2.45, 2.75) is 25.3 Å². The maximum Gasteiger partial charge on any atom is 0.412 e. The van der Waals surface area contributed by atoms with Crippen LogP contribution in [0.3, 0.4) is 0 Å². The lowest BCUT2D eigenvalue weighted by atomic mass is 10.0. The first kappa shape index (κ1) is 20.5. The third kappa shape index (κ3) is 4.09. The molecule has 0 spiro atoms. The summed E-state index contributed by atoms with van der Waals surface area (Å²) in [6.45, 7) is 0. The molecule has 31 heavy (non-hydrogen) atoms. The summed E-state index contributed by atoms with van der Waals surface area (Å²) in [5.74, 6) is 0.597. The lowest BCUT2D eigenvalue weighted by molar-refractivity contribution is -0.122. The van der Waals surface area contributed by atoms with Crippen molar-refractivity contribution in [1.82, 2.24) is 20.3 Å². The van der Waals surface area contributed by atoms with Crippen molar-refractivity contribution in [3.8, 4) is 28.5 Å². The van der Waals surface area contributed by atoms with E-state index in [2.05, 4.69) is 20.3 Å². The van der Waals surface area contributed by atoms with Crippen molar-refractivity contribution in [2.24, 2.45) is 11.7 Å². The van der Waals surface area contributed by atoms with Crippen LogP contribution in [0.2, 0.25) is 0 Å². The molecule has 1 fully saturated rings. The number of ether oxygens (including phenoxy) is 3. The number of nitrogens with zero attached hydrogens (tertiary/aromatic N) is 2. The van der Waals surface area contributed by atoms with Gasteiger partial charge in [0.15, 0.2) is 28.4 Å². The molecule has 0 bridgehead atoms. The summed E-state index contributed by atoms with van der Waals surface area (Å²) in [4.78, 5) is 35.8. The summed E-state index contributed by atoms with van der Waals surface area (Å²) in [6.07, 6.45) is 4.62. The first-order valence-electron chi connectivity index (χ1n) is 9.84. The lowest BCUT2D eigenvalue weighted by Gasteiger charge is -2.17. The number of amides is 2. The van der Waals surface area contributed by atoms with Gasteiger partial charge in [0.2, 0.25) is 5.91 Å². The average Bonchev–Trinajstić information content (AvgIpc) is 3.40. The van der Waals surface area contributed by atoms with Crippen LogP contribution in [0, 0.1) is 5.92 Å². The van der Waals surface area contributed by atoms with Crippen LogP contribution in [-0.4, -0.2) is 47.2 Å². The van der Waals surface area contributed by atoms with E-state index < -0.39 is 12.0 Å². The monoisotopic (exact) mass is 425 g/mol. The number of aromatic amines is 1. The van der Waals surface area contributed by atoms with Gasteiger partial charge in [-0.05, 0) is 31.0 Å². The zero-order valence-electron chi connectivity index (χ0n) is 17.2. The predicted octanol–water partition coefficient (Wildman–Crippen LogP) is 2.38. The number of nitrogens with two attached hydrogens (primary N) is 1. The molecule has 0 aliphatic heterocycles. The van der Waals surface area contributed by atoms with Gasteiger partial charge in [-0.2, -0.15) is 0 Å². The average molecular weight is 425 g/mol. The first-order valence-corrected chi connectivity index (χ1v) is 9.84. The number of fused-ring (bicyclic) bond motifs is 1. The molecule has 0 unspecified atom stereocenters. The lowest BCUT2D eigenvalue weighted by Crippen LogP contribution is -2.43. The third-order valence-corrected chi connectivity index (χ3v) is 5.41. The number of hydrogen-bond acceptors (Lipinski definition) is 7. The van der Waals surface area contributed by atoms with Gasteiger partial charge in [0, 0.05) is 17.8 Å². The molecule has 10 heteroatoms. The molecule has 1 aliphatic rings. The zero-order chi connectivity index (χ0) is 22.0. The number of aromatic nitrogens is 3. The van der Waals surface area contributed by atoms with E-state index in [4.69, 9.17) is 19.9 Å². The van der Waals surface area contributed by atoms with Crippen molar-refractivity contribution in [3.63, 3.8) is 0 Å². The highest BCUT2D eigenvalue weighted by Crippen LogP contribution is 2.33. The van der Waals surface area contributed by atoms with E-state index in [0.717, 1.165) is 12.0 Å². The van der Waals surface area contributed by atoms with E-state index in [1.165, 1.54) is 6.20 Å². The van der Waals surface area contributed by atoms with Gasteiger partial charge in [-0.1, -0.05) is 6.42 Å². The minimum Gasteiger partial charge on any atom is -0.493 e. The second-order valence-corrected chi connectivity index (χ2v) is 7.26. The van der Waals surface area contributed by atoms with Gasteiger partial charge in [0.25, 0.3) is 0 Å². The van der Waals surface area contributed by atoms with Crippen molar-refractivity contribution >= 4 is 23.2 Å². The summed E-state index contributed by atoms with van der Waals surface area (Å²) in [6, 6.07) is 5.07. The molecule has 4 rings (SSSR count). The largest absolute Gasteiger partial charge is 0.493 e. The molecule has 2 heterocycles. The Morgan fingerprint density at radius 2 is 1.97 bits per heavy atom. The number of H-pyrrole nitrogens is 1. The number of nitrogens with one attached hydrogen (secondary N) is 2. The Morgan fingerprint density at radius 1 is 1.16 bits per heavy atom. The van der Waals surface area contributed by atoms with E-state index >= 15 is 0 Å². The topological polar surface area (TPSA) is 141 Å². The van der Waals surface area contributed by atoms with Crippen molar-refractivity contribution in [2.75, 3.05) is 14.2 Å². The van der Waals surface area contributed by atoms with Crippen LogP contribution in [-0.2, 0) is 4.79 Å². The predicted molar refractivity (Wildman–Crippen MR) is 112 cm³/mol.